The van der Waals surface area contributed by atoms with E-state index in [1.54, 1.807) is 123 Å². The SMILES string of the molecule is CCc1cc(Nc2ccc3c(ccn3-c3ccncc3)c2)nc(N)n1.Cc1cc(Nc2cc(Cl)c(Sc3ccncc3)c(Cl)c2)nc(N)n1.Cc1cc(Nc2ccc(Oc3cccc4cnccc34)c(F)c2)nc(N)n1.Cc1cc(Nc2ccc(Sc3ccnc4ccccc34)cc2)nc(N)n1.Nc1nccc(Nc2ccc3c(ccn3-c3ccncc3)c2)n1. The van der Waals surface area contributed by atoms with Gasteiger partial charge in [-0.15, -0.1) is 0 Å². The molecule has 125 heavy (non-hydrogen) atoms. The molecule has 620 valence electrons. The smallest absolute Gasteiger partial charge is 0.222 e. The van der Waals surface area contributed by atoms with Crippen LogP contribution in [0.3, 0.4) is 0 Å². The maximum Gasteiger partial charge on any atom is 0.222 e. The summed E-state index contributed by atoms with van der Waals surface area (Å²) in [7, 11) is 0. The fraction of sp³-hybridized carbons (Fsp3) is 0.0543. The minimum atomic E-state index is -0.496. The van der Waals surface area contributed by atoms with Crippen molar-refractivity contribution in [1.29, 1.82) is 0 Å². The Labute approximate surface area is 735 Å². The highest BCUT2D eigenvalue weighted by atomic mass is 35.5. The summed E-state index contributed by atoms with van der Waals surface area (Å²) in [6.07, 6.45) is 22.4. The monoisotopic (exact) mass is 1730 g/mol. The fourth-order valence-electron chi connectivity index (χ4n) is 12.9. The average molecular weight is 1730 g/mol. The lowest BCUT2D eigenvalue weighted by molar-refractivity contribution is 0.447. The second-order valence-corrected chi connectivity index (χ2v) is 30.6. The van der Waals surface area contributed by atoms with Crippen LogP contribution in [0.25, 0.3) is 54.9 Å². The van der Waals surface area contributed by atoms with Crippen molar-refractivity contribution >= 4 is 177 Å². The summed E-state index contributed by atoms with van der Waals surface area (Å²) >= 11 is 16.0. The predicted molar refractivity (Wildman–Crippen MR) is 500 cm³/mol. The minimum absolute atomic E-state index is 0.128. The first-order chi connectivity index (χ1) is 60.8. The van der Waals surface area contributed by atoms with Gasteiger partial charge < -0.3 is 69.1 Å². The van der Waals surface area contributed by atoms with Crippen molar-refractivity contribution in [3.63, 3.8) is 0 Å². The van der Waals surface area contributed by atoms with Crippen molar-refractivity contribution in [3.8, 4) is 22.9 Å². The zero-order valence-corrected chi connectivity index (χ0v) is 70.5. The lowest BCUT2D eigenvalue weighted by Crippen LogP contribution is -2.02. The first-order valence-electron chi connectivity index (χ1n) is 38.7. The third-order valence-electron chi connectivity index (χ3n) is 18.4. The zero-order chi connectivity index (χ0) is 86.7. The van der Waals surface area contributed by atoms with Gasteiger partial charge in [-0.2, -0.15) is 24.9 Å². The number of nitrogens with zero attached hydrogens (tertiary/aromatic N) is 17. The molecule has 33 heteroatoms. The van der Waals surface area contributed by atoms with E-state index in [0.29, 0.717) is 50.6 Å². The number of anilines is 15. The highest BCUT2D eigenvalue weighted by molar-refractivity contribution is 7.99. The highest BCUT2D eigenvalue weighted by Gasteiger charge is 2.16. The molecule has 0 aliphatic heterocycles. The Balaban J connectivity index is 0.000000121. The van der Waals surface area contributed by atoms with Crippen LogP contribution >= 0.6 is 46.7 Å². The molecule has 28 nitrogen and oxygen atoms in total. The number of nitrogens with one attached hydrogen (secondary N) is 5. The molecule has 0 aliphatic rings. The van der Waals surface area contributed by atoms with Crippen molar-refractivity contribution in [1.82, 2.24) is 83.9 Å². The predicted octanol–water partition coefficient (Wildman–Crippen LogP) is 21.2. The number of aromatic nitrogens is 17. The number of fused-ring (bicyclic) bond motifs is 4. The molecule has 12 aromatic heterocycles. The van der Waals surface area contributed by atoms with E-state index < -0.39 is 5.82 Å². The number of halogens is 3. The number of para-hydroxylation sites is 1. The lowest BCUT2D eigenvalue weighted by atomic mass is 10.1. The molecule has 7 aromatic carbocycles. The molecule has 0 radical (unpaired) electrons. The minimum Gasteiger partial charge on any atom is -0.454 e. The summed E-state index contributed by atoms with van der Waals surface area (Å²) in [5, 5.41) is 22.3. The Morgan fingerprint density at radius 1 is 0.376 bits per heavy atom. The molecule has 0 bridgehead atoms. The molecule has 0 amide bonds. The number of ether oxygens (including phenoxy) is 1. The largest absolute Gasteiger partial charge is 0.454 e. The maximum atomic E-state index is 14.6. The van der Waals surface area contributed by atoms with Gasteiger partial charge in [-0.25, -0.2) is 29.3 Å². The third-order valence-corrected chi connectivity index (χ3v) is 21.5. The van der Waals surface area contributed by atoms with Gasteiger partial charge in [0.15, 0.2) is 11.6 Å². The number of nitrogens with two attached hydrogens (primary N) is 5. The molecule has 0 aliphatic carbocycles. The standard InChI is InChI=1S/C20H16FN5O.C20H17N5S.C19H18N6.C17H14N6.C16H13Cl2N5S/c1-12-9-19(26-20(22)24-12)25-14-5-6-18(16(21)10-14)27-17-4-2-3-13-11-23-8-7-15(13)17;1-13-12-19(25-20(21)23-13)24-14-6-8-15(9-7-14)26-18-10-11-22-17-5-3-2-4-16(17)18;1-2-14-12-18(24-19(20)23-14)22-15-3-4-17-13(11-15)7-10-25(17)16-5-8-21-9-6-16;18-17-20-9-5-16(22-17)21-13-1-2-15-12(11-13)6-10-23(15)14-3-7-19-8-4-14;1-9-6-14(23-16(19)21-9)22-10-7-12(17)15(13(18)8-10)24-11-2-4-20-5-3-11/h2-11H,1H3,(H3,22,24,25,26);2-12H,1H3,(H3,21,23,24,25);3-12H,2H2,1H3,(H3,20,22,23,24);1-11H,(H3,18,20,21,22);2-8H,1H3,(H3,19,21,22,23). The number of rotatable bonds is 19. The van der Waals surface area contributed by atoms with E-state index in [9.17, 15) is 4.39 Å². The summed E-state index contributed by atoms with van der Waals surface area (Å²) in [6.45, 7) is 7.58. The zero-order valence-electron chi connectivity index (χ0n) is 67.3. The van der Waals surface area contributed by atoms with Gasteiger partial charge >= 0.3 is 0 Å². The molecular weight excluding hydrogens is 1650 g/mol. The van der Waals surface area contributed by atoms with Crippen LogP contribution in [0.15, 0.2) is 318 Å². The Morgan fingerprint density at radius 3 is 1.43 bits per heavy atom. The van der Waals surface area contributed by atoms with Crippen molar-refractivity contribution in [2.45, 2.75) is 53.7 Å². The van der Waals surface area contributed by atoms with Crippen LogP contribution in [0.5, 0.6) is 11.5 Å². The van der Waals surface area contributed by atoms with Crippen molar-refractivity contribution in [2.24, 2.45) is 0 Å². The van der Waals surface area contributed by atoms with Crippen LogP contribution in [0, 0.1) is 26.6 Å². The van der Waals surface area contributed by atoms with Gasteiger partial charge in [-0.05, 0) is 191 Å². The molecule has 19 rings (SSSR count). The van der Waals surface area contributed by atoms with E-state index in [0.717, 1.165) is 121 Å². The fourth-order valence-corrected chi connectivity index (χ4v) is 15.4. The third kappa shape index (κ3) is 22.5. The van der Waals surface area contributed by atoms with E-state index in [1.807, 2.05) is 148 Å². The molecule has 12 heterocycles. The number of pyridine rings is 5. The normalized spacial score (nSPS) is 10.8. The van der Waals surface area contributed by atoms with Gasteiger partial charge in [-0.1, -0.05) is 84.0 Å². The van der Waals surface area contributed by atoms with E-state index in [-0.39, 0.29) is 35.5 Å². The Kier molecular flexibility index (Phi) is 26.8. The van der Waals surface area contributed by atoms with E-state index in [4.69, 9.17) is 56.6 Å². The first kappa shape index (κ1) is 84.3. The molecule has 0 spiro atoms. The average Bonchev–Trinajstić information content (AvgIpc) is 1.74. The molecule has 15 N–H and O–H groups in total. The number of hydrogen-bond donors (Lipinski definition) is 10. The van der Waals surface area contributed by atoms with Gasteiger partial charge in [0, 0.05) is 214 Å². The highest BCUT2D eigenvalue weighted by Crippen LogP contribution is 2.42. The number of benzene rings is 7. The molecule has 0 fully saturated rings. The van der Waals surface area contributed by atoms with Crippen LogP contribution in [0.1, 0.15) is 29.7 Å². The lowest BCUT2D eigenvalue weighted by Gasteiger charge is -2.11. The van der Waals surface area contributed by atoms with Gasteiger partial charge in [0.25, 0.3) is 0 Å². The van der Waals surface area contributed by atoms with E-state index in [2.05, 4.69) is 171 Å². The molecular formula is C92H78Cl2FN27OS2. The Morgan fingerprint density at radius 2 is 0.864 bits per heavy atom. The molecule has 0 atom stereocenters. The quantitative estimate of drug-likeness (QED) is 0.0359. The summed E-state index contributed by atoms with van der Waals surface area (Å²) < 4.78 is 24.6. The van der Waals surface area contributed by atoms with Gasteiger partial charge in [0.05, 0.1) is 26.6 Å². The summed E-state index contributed by atoms with van der Waals surface area (Å²) in [5.74, 6) is 4.51. The van der Waals surface area contributed by atoms with Crippen LogP contribution in [0.4, 0.5) is 91.7 Å². The molecule has 0 saturated carbocycles. The summed E-state index contributed by atoms with van der Waals surface area (Å²) in [5.41, 5.74) is 41.2. The maximum absolute atomic E-state index is 14.6. The second kappa shape index (κ2) is 39.7. The van der Waals surface area contributed by atoms with Gasteiger partial charge in [0.1, 0.15) is 34.8 Å². The van der Waals surface area contributed by atoms with Gasteiger partial charge in [-0.3, -0.25) is 24.9 Å². The molecule has 0 unspecified atom stereocenters. The topological polar surface area (TPSA) is 403 Å². The van der Waals surface area contributed by atoms with Crippen LogP contribution < -0.4 is 60.0 Å². The van der Waals surface area contributed by atoms with Crippen LogP contribution in [-0.4, -0.2) is 83.9 Å². The Bertz CT molecular complexity index is 6900. The van der Waals surface area contributed by atoms with E-state index in [1.165, 1.54) is 22.7 Å². The number of hydrogen-bond acceptors (Lipinski definition) is 28. The van der Waals surface area contributed by atoms with Crippen LogP contribution in [0.2, 0.25) is 10.0 Å². The van der Waals surface area contributed by atoms with Crippen LogP contribution in [-0.2, 0) is 6.42 Å². The van der Waals surface area contributed by atoms with Crippen molar-refractivity contribution in [2.75, 3.05) is 55.3 Å². The molecule has 19 aromatic rings. The first-order valence-corrected chi connectivity index (χ1v) is 41.1. The second-order valence-electron chi connectivity index (χ2n) is 27.6. The van der Waals surface area contributed by atoms with Gasteiger partial charge in [0.2, 0.25) is 29.7 Å². The summed E-state index contributed by atoms with van der Waals surface area (Å²) in [6, 6.07) is 71.4. The Hall–Kier alpha value is -15.7. The van der Waals surface area contributed by atoms with Crippen molar-refractivity contribution in [3.05, 3.63) is 337 Å². The number of aryl methyl sites for hydroxylation is 4. The van der Waals surface area contributed by atoms with E-state index >= 15 is 0 Å². The number of nitrogen functional groups attached to an aromatic ring is 5. The molecule has 0 saturated heterocycles. The van der Waals surface area contributed by atoms with Crippen molar-refractivity contribution < 1.29 is 9.13 Å². The summed E-state index contributed by atoms with van der Waals surface area (Å²) in [4.78, 5) is 65.8.